The predicted octanol–water partition coefficient (Wildman–Crippen LogP) is 3.22. The van der Waals surface area contributed by atoms with Crippen molar-refractivity contribution in [1.82, 2.24) is 5.16 Å². The molecule has 9 nitrogen and oxygen atoms in total. The second kappa shape index (κ2) is 8.85. The van der Waals surface area contributed by atoms with Crippen molar-refractivity contribution in [3.8, 4) is 28.6 Å². The van der Waals surface area contributed by atoms with Gasteiger partial charge in [0, 0.05) is 36.3 Å². The number of carbonyl (C=O) groups is 2. The first kappa shape index (κ1) is 20.9. The topological polar surface area (TPSA) is 100 Å². The zero-order chi connectivity index (χ0) is 22.8. The van der Waals surface area contributed by atoms with Crippen LogP contribution in [0.25, 0.3) is 11.3 Å². The van der Waals surface area contributed by atoms with Crippen LogP contribution in [-0.4, -0.2) is 43.9 Å². The monoisotopic (exact) mass is 450 g/mol. The van der Waals surface area contributed by atoms with Crippen LogP contribution in [0, 0.1) is 5.92 Å². The van der Waals surface area contributed by atoms with Crippen LogP contribution in [0.2, 0.25) is 0 Å². The third kappa shape index (κ3) is 4.34. The van der Waals surface area contributed by atoms with E-state index in [4.69, 9.17) is 23.5 Å². The van der Waals surface area contributed by atoms with Crippen LogP contribution in [0.4, 0.5) is 5.69 Å². The van der Waals surface area contributed by atoms with Gasteiger partial charge in [-0.05, 0) is 30.3 Å². The molecule has 0 saturated carbocycles. The van der Waals surface area contributed by atoms with Crippen molar-refractivity contribution in [3.63, 3.8) is 0 Å². The second-order valence-corrected chi connectivity index (χ2v) is 7.76. The number of fused-ring (bicyclic) bond motifs is 1. The van der Waals surface area contributed by atoms with Gasteiger partial charge in [0.1, 0.15) is 31.3 Å². The number of esters is 1. The first-order valence-corrected chi connectivity index (χ1v) is 10.6. The molecule has 1 aromatic heterocycles. The van der Waals surface area contributed by atoms with Crippen molar-refractivity contribution >= 4 is 17.6 Å². The molecule has 0 radical (unpaired) electrons. The fraction of sp³-hybridized carbons (Fsp3) is 0.292. The minimum absolute atomic E-state index is 0.0449. The highest BCUT2D eigenvalue weighted by atomic mass is 16.6. The fourth-order valence-corrected chi connectivity index (χ4v) is 3.87. The summed E-state index contributed by atoms with van der Waals surface area (Å²) in [7, 11) is 1.56. The number of nitrogens with zero attached hydrogens (tertiary/aromatic N) is 2. The van der Waals surface area contributed by atoms with Crippen molar-refractivity contribution in [3.05, 3.63) is 54.2 Å². The molecule has 2 aromatic carbocycles. The van der Waals surface area contributed by atoms with E-state index in [1.54, 1.807) is 36.3 Å². The van der Waals surface area contributed by atoms with Gasteiger partial charge >= 0.3 is 5.97 Å². The second-order valence-electron chi connectivity index (χ2n) is 7.76. The minimum Gasteiger partial charge on any atom is -0.497 e. The lowest BCUT2D eigenvalue weighted by atomic mass is 10.1. The molecular weight excluding hydrogens is 428 g/mol. The maximum Gasteiger partial charge on any atom is 0.311 e. The molecule has 0 spiro atoms. The Morgan fingerprint density at radius 3 is 2.82 bits per heavy atom. The molecule has 1 atom stereocenters. The molecule has 2 aliphatic heterocycles. The van der Waals surface area contributed by atoms with Gasteiger partial charge in [-0.3, -0.25) is 9.59 Å². The van der Waals surface area contributed by atoms with Crippen LogP contribution < -0.4 is 19.1 Å². The average Bonchev–Trinajstić information content (AvgIpc) is 3.49. The smallest absolute Gasteiger partial charge is 0.311 e. The largest absolute Gasteiger partial charge is 0.497 e. The van der Waals surface area contributed by atoms with Crippen molar-refractivity contribution < 1.29 is 33.1 Å². The molecule has 0 N–H and O–H groups in total. The first-order valence-electron chi connectivity index (χ1n) is 10.6. The normalized spacial score (nSPS) is 17.2. The zero-order valence-electron chi connectivity index (χ0n) is 18.0. The van der Waals surface area contributed by atoms with Gasteiger partial charge in [0.2, 0.25) is 5.91 Å². The van der Waals surface area contributed by atoms with Crippen molar-refractivity contribution in [2.45, 2.75) is 13.0 Å². The number of carbonyl (C=O) groups excluding carboxylic acids is 2. The Kier molecular flexibility index (Phi) is 5.60. The number of methoxy groups -OCH3 is 1. The van der Waals surface area contributed by atoms with Crippen molar-refractivity contribution in [1.29, 1.82) is 0 Å². The van der Waals surface area contributed by atoms with Crippen molar-refractivity contribution in [2.24, 2.45) is 5.92 Å². The van der Waals surface area contributed by atoms with E-state index in [1.807, 2.05) is 24.3 Å². The molecule has 3 heterocycles. The Morgan fingerprint density at radius 2 is 1.97 bits per heavy atom. The Morgan fingerprint density at radius 1 is 1.12 bits per heavy atom. The molecule has 33 heavy (non-hydrogen) atoms. The summed E-state index contributed by atoms with van der Waals surface area (Å²) in [6, 6.07) is 14.4. The molecular formula is C24H22N2O7. The zero-order valence-corrected chi connectivity index (χ0v) is 18.0. The van der Waals surface area contributed by atoms with E-state index < -0.39 is 11.9 Å². The lowest BCUT2D eigenvalue weighted by molar-refractivity contribution is -0.149. The standard InChI is InChI=1S/C24H22N2O7/c1-29-19-4-2-3-18(12-19)26-13-16(10-23(26)27)24(28)32-14-17-11-21(33-25-17)15-5-6-20-22(9-15)31-8-7-30-20/h2-6,9,11-12,16H,7-8,10,13-14H2,1H3. The number of hydrogen-bond acceptors (Lipinski definition) is 8. The van der Waals surface area contributed by atoms with Crippen LogP contribution >= 0.6 is 0 Å². The Balaban J connectivity index is 1.20. The molecule has 0 bridgehead atoms. The van der Waals surface area contributed by atoms with E-state index in [-0.39, 0.29) is 25.5 Å². The van der Waals surface area contributed by atoms with E-state index in [1.165, 1.54) is 0 Å². The van der Waals surface area contributed by atoms with Gasteiger partial charge in [-0.15, -0.1) is 0 Å². The summed E-state index contributed by atoms with van der Waals surface area (Å²) in [5.74, 6) is 1.38. The van der Waals surface area contributed by atoms with E-state index in [0.29, 0.717) is 47.6 Å². The predicted molar refractivity (Wildman–Crippen MR) is 116 cm³/mol. The summed E-state index contributed by atoms with van der Waals surface area (Å²) in [5.41, 5.74) is 1.94. The van der Waals surface area contributed by atoms with Crippen molar-refractivity contribution in [2.75, 3.05) is 31.8 Å². The average molecular weight is 450 g/mol. The highest BCUT2D eigenvalue weighted by Gasteiger charge is 2.36. The number of aromatic nitrogens is 1. The third-order valence-electron chi connectivity index (χ3n) is 5.57. The number of anilines is 1. The van der Waals surface area contributed by atoms with E-state index in [9.17, 15) is 9.59 Å². The molecule has 0 aliphatic carbocycles. The fourth-order valence-electron chi connectivity index (χ4n) is 3.87. The van der Waals surface area contributed by atoms with Crippen LogP contribution in [0.1, 0.15) is 12.1 Å². The van der Waals surface area contributed by atoms with E-state index >= 15 is 0 Å². The molecule has 1 amide bonds. The molecule has 1 fully saturated rings. The summed E-state index contributed by atoms with van der Waals surface area (Å²) in [5, 5.41) is 3.98. The van der Waals surface area contributed by atoms with Gasteiger partial charge in [-0.25, -0.2) is 0 Å². The maximum absolute atomic E-state index is 12.6. The highest BCUT2D eigenvalue weighted by Crippen LogP contribution is 2.35. The lowest BCUT2D eigenvalue weighted by Crippen LogP contribution is -2.26. The van der Waals surface area contributed by atoms with E-state index in [0.717, 1.165) is 5.56 Å². The molecule has 3 aromatic rings. The van der Waals surface area contributed by atoms with Gasteiger partial charge in [-0.2, -0.15) is 0 Å². The van der Waals surface area contributed by atoms with Gasteiger partial charge in [0.15, 0.2) is 17.3 Å². The van der Waals surface area contributed by atoms with Gasteiger partial charge in [0.25, 0.3) is 0 Å². The van der Waals surface area contributed by atoms with Gasteiger partial charge in [0.05, 0.1) is 13.0 Å². The summed E-state index contributed by atoms with van der Waals surface area (Å²) >= 11 is 0. The molecule has 5 rings (SSSR count). The van der Waals surface area contributed by atoms with Crippen LogP contribution in [0.5, 0.6) is 17.2 Å². The maximum atomic E-state index is 12.6. The highest BCUT2D eigenvalue weighted by molar-refractivity contribution is 5.99. The number of benzene rings is 2. The lowest BCUT2D eigenvalue weighted by Gasteiger charge is -2.18. The number of ether oxygens (including phenoxy) is 4. The summed E-state index contributed by atoms with van der Waals surface area (Å²) in [6.07, 6.45) is 0.0945. The van der Waals surface area contributed by atoms with Crippen LogP contribution in [0.15, 0.2) is 53.1 Å². The number of amides is 1. The molecule has 170 valence electrons. The Bertz CT molecular complexity index is 1190. The van der Waals surface area contributed by atoms with E-state index in [2.05, 4.69) is 5.16 Å². The molecule has 1 saturated heterocycles. The summed E-state index contributed by atoms with van der Waals surface area (Å²) in [4.78, 5) is 26.6. The number of rotatable bonds is 6. The molecule has 2 aliphatic rings. The summed E-state index contributed by atoms with van der Waals surface area (Å²) < 4.78 is 27.2. The molecule has 1 unspecified atom stereocenters. The van der Waals surface area contributed by atoms with Gasteiger partial charge < -0.3 is 28.4 Å². The SMILES string of the molecule is COc1cccc(N2CC(C(=O)OCc3cc(-c4ccc5c(c4)OCCO5)on3)CC2=O)c1. The first-order chi connectivity index (χ1) is 16.1. The summed E-state index contributed by atoms with van der Waals surface area (Å²) in [6.45, 7) is 1.23. The minimum atomic E-state index is -0.548. The Labute approximate surface area is 189 Å². The third-order valence-corrected chi connectivity index (χ3v) is 5.57. The quantitative estimate of drug-likeness (QED) is 0.528. The van der Waals surface area contributed by atoms with Gasteiger partial charge in [-0.1, -0.05) is 11.2 Å². The van der Waals surface area contributed by atoms with Crippen LogP contribution in [0.3, 0.4) is 0 Å². The van der Waals surface area contributed by atoms with Crippen LogP contribution in [-0.2, 0) is 20.9 Å². The molecule has 9 heteroatoms. The Hall–Kier alpha value is -4.01. The number of hydrogen-bond donors (Lipinski definition) is 0.